The third-order valence-corrected chi connectivity index (χ3v) is 4.12. The monoisotopic (exact) mass is 341 g/mol. The van der Waals surface area contributed by atoms with E-state index in [9.17, 15) is 9.59 Å². The molecule has 0 saturated carbocycles. The number of hydrogen-bond acceptors (Lipinski definition) is 3. The van der Waals surface area contributed by atoms with E-state index < -0.39 is 6.04 Å². The smallest absolute Gasteiger partial charge is 0.328 e. The van der Waals surface area contributed by atoms with Crippen LogP contribution in [0.15, 0.2) is 0 Å². The summed E-state index contributed by atoms with van der Waals surface area (Å²) >= 11 is 0. The average molecular weight is 342 g/mol. The molecule has 0 radical (unpaired) electrons. The summed E-state index contributed by atoms with van der Waals surface area (Å²) in [6.07, 6.45) is 12.2. The Labute approximate surface area is 149 Å². The molecular formula is C20H39NO3. The summed E-state index contributed by atoms with van der Waals surface area (Å²) in [5.74, 6) is -0.00399. The van der Waals surface area contributed by atoms with Crippen LogP contribution < -0.4 is 5.32 Å². The molecule has 0 bridgehead atoms. The second kappa shape index (κ2) is 15.5. The zero-order valence-corrected chi connectivity index (χ0v) is 16.4. The molecular weight excluding hydrogens is 302 g/mol. The van der Waals surface area contributed by atoms with Gasteiger partial charge in [0.05, 0.1) is 6.61 Å². The molecule has 1 unspecified atom stereocenters. The zero-order valence-electron chi connectivity index (χ0n) is 16.4. The van der Waals surface area contributed by atoms with Gasteiger partial charge in [0.15, 0.2) is 0 Å². The first-order valence-corrected chi connectivity index (χ1v) is 9.97. The highest BCUT2D eigenvalue weighted by atomic mass is 16.5. The van der Waals surface area contributed by atoms with E-state index in [-0.39, 0.29) is 11.9 Å². The van der Waals surface area contributed by atoms with E-state index in [4.69, 9.17) is 4.74 Å². The molecule has 1 atom stereocenters. The van der Waals surface area contributed by atoms with Crippen LogP contribution in [0.5, 0.6) is 0 Å². The summed E-state index contributed by atoms with van der Waals surface area (Å²) < 4.78 is 5.05. The number of ether oxygens (including phenoxy) is 1. The predicted molar refractivity (Wildman–Crippen MR) is 99.9 cm³/mol. The average Bonchev–Trinajstić information content (AvgIpc) is 2.52. The molecule has 24 heavy (non-hydrogen) atoms. The molecule has 0 aliphatic carbocycles. The van der Waals surface area contributed by atoms with Gasteiger partial charge in [0.25, 0.3) is 0 Å². The van der Waals surface area contributed by atoms with E-state index >= 15 is 0 Å². The number of rotatable bonds is 15. The molecule has 0 spiro atoms. The Bertz CT molecular complexity index is 329. The molecule has 0 aromatic heterocycles. The third-order valence-electron chi connectivity index (χ3n) is 4.12. The van der Waals surface area contributed by atoms with E-state index in [0.29, 0.717) is 25.4 Å². The molecule has 4 heteroatoms. The molecule has 0 aromatic carbocycles. The van der Waals surface area contributed by atoms with Gasteiger partial charge in [-0.2, -0.15) is 0 Å². The maximum Gasteiger partial charge on any atom is 0.328 e. The zero-order chi connectivity index (χ0) is 18.2. The molecule has 1 N–H and O–H groups in total. The van der Waals surface area contributed by atoms with Crippen LogP contribution in [0.3, 0.4) is 0 Å². The second-order valence-electron chi connectivity index (χ2n) is 7.08. The fourth-order valence-corrected chi connectivity index (χ4v) is 2.79. The lowest BCUT2D eigenvalue weighted by atomic mass is 10.0. The number of carbonyl (C=O) groups excluding carboxylic acids is 2. The summed E-state index contributed by atoms with van der Waals surface area (Å²) in [6.45, 7) is 8.45. The van der Waals surface area contributed by atoms with Crippen molar-refractivity contribution >= 4 is 11.9 Å². The first-order valence-electron chi connectivity index (χ1n) is 9.97. The number of esters is 1. The van der Waals surface area contributed by atoms with E-state index in [1.165, 1.54) is 44.9 Å². The maximum atomic E-state index is 12.0. The van der Waals surface area contributed by atoms with Crippen molar-refractivity contribution in [1.29, 1.82) is 0 Å². The van der Waals surface area contributed by atoms with Crippen molar-refractivity contribution in [3.63, 3.8) is 0 Å². The van der Waals surface area contributed by atoms with E-state index in [1.54, 1.807) is 6.92 Å². The van der Waals surface area contributed by atoms with Crippen molar-refractivity contribution in [2.45, 2.75) is 104 Å². The molecule has 1 amide bonds. The summed E-state index contributed by atoms with van der Waals surface area (Å²) in [5, 5.41) is 2.84. The highest BCUT2D eigenvalue weighted by Crippen LogP contribution is 2.11. The van der Waals surface area contributed by atoms with Gasteiger partial charge in [0, 0.05) is 6.42 Å². The second-order valence-corrected chi connectivity index (χ2v) is 7.08. The summed E-state index contributed by atoms with van der Waals surface area (Å²) in [7, 11) is 0. The third kappa shape index (κ3) is 13.4. The quantitative estimate of drug-likeness (QED) is 0.337. The molecule has 0 saturated heterocycles. The van der Waals surface area contributed by atoms with Crippen molar-refractivity contribution < 1.29 is 14.3 Å². The predicted octanol–water partition coefficient (Wildman–Crippen LogP) is 5.00. The Morgan fingerprint density at radius 1 is 0.875 bits per heavy atom. The molecule has 0 aliphatic heterocycles. The highest BCUT2D eigenvalue weighted by Gasteiger charge is 2.22. The lowest BCUT2D eigenvalue weighted by molar-refractivity contribution is -0.147. The van der Waals surface area contributed by atoms with E-state index in [0.717, 1.165) is 12.8 Å². The van der Waals surface area contributed by atoms with Crippen LogP contribution in [0.1, 0.15) is 98.3 Å². The highest BCUT2D eigenvalue weighted by molar-refractivity contribution is 5.84. The van der Waals surface area contributed by atoms with Crippen molar-refractivity contribution in [3.05, 3.63) is 0 Å². The Hall–Kier alpha value is -1.06. The molecule has 0 aromatic rings. The number of unbranched alkanes of at least 4 members (excludes halogenated alkanes) is 8. The van der Waals surface area contributed by atoms with E-state index in [2.05, 4.69) is 12.2 Å². The topological polar surface area (TPSA) is 55.4 Å². The molecule has 0 fully saturated rings. The standard InChI is InChI=1S/C20H39NO3/c1-5-7-8-9-10-11-12-13-14-15-19(22)21-18(16-17(3)4)20(23)24-6-2/h17-18H,5-16H2,1-4H3,(H,21,22). The Morgan fingerprint density at radius 3 is 1.92 bits per heavy atom. The molecule has 4 nitrogen and oxygen atoms in total. The van der Waals surface area contributed by atoms with Crippen LogP contribution in [-0.4, -0.2) is 24.5 Å². The first-order chi connectivity index (χ1) is 11.5. The van der Waals surface area contributed by atoms with Gasteiger partial charge in [0.1, 0.15) is 6.04 Å². The SMILES string of the molecule is CCCCCCCCCCCC(=O)NC(CC(C)C)C(=O)OCC. The lowest BCUT2D eigenvalue weighted by Gasteiger charge is -2.19. The van der Waals surface area contributed by atoms with Crippen molar-refractivity contribution in [1.82, 2.24) is 5.32 Å². The fraction of sp³-hybridized carbons (Fsp3) is 0.900. The van der Waals surface area contributed by atoms with Crippen LogP contribution in [0.2, 0.25) is 0 Å². The normalized spacial score (nSPS) is 12.2. The van der Waals surface area contributed by atoms with Gasteiger partial charge in [-0.1, -0.05) is 72.1 Å². The molecule has 0 rings (SSSR count). The molecule has 0 heterocycles. The van der Waals surface area contributed by atoms with Crippen LogP contribution in [0.4, 0.5) is 0 Å². The summed E-state index contributed by atoms with van der Waals surface area (Å²) in [5.41, 5.74) is 0. The van der Waals surface area contributed by atoms with Crippen LogP contribution in [0.25, 0.3) is 0 Å². The summed E-state index contributed by atoms with van der Waals surface area (Å²) in [6, 6.07) is -0.504. The number of amides is 1. The van der Waals surface area contributed by atoms with Crippen molar-refractivity contribution in [3.8, 4) is 0 Å². The van der Waals surface area contributed by atoms with Gasteiger partial charge in [-0.3, -0.25) is 4.79 Å². The van der Waals surface area contributed by atoms with Crippen LogP contribution in [0, 0.1) is 5.92 Å². The van der Waals surface area contributed by atoms with E-state index in [1.807, 2.05) is 13.8 Å². The first kappa shape index (κ1) is 22.9. The van der Waals surface area contributed by atoms with Gasteiger partial charge >= 0.3 is 5.97 Å². The number of hydrogen-bond donors (Lipinski definition) is 1. The largest absolute Gasteiger partial charge is 0.464 e. The molecule has 142 valence electrons. The van der Waals surface area contributed by atoms with Gasteiger partial charge in [-0.15, -0.1) is 0 Å². The molecule has 0 aliphatic rings. The van der Waals surface area contributed by atoms with Gasteiger partial charge < -0.3 is 10.1 Å². The lowest BCUT2D eigenvalue weighted by Crippen LogP contribution is -2.42. The van der Waals surface area contributed by atoms with Crippen LogP contribution >= 0.6 is 0 Å². The van der Waals surface area contributed by atoms with Gasteiger partial charge in [-0.05, 0) is 25.7 Å². The Kier molecular flexibility index (Phi) is 14.8. The minimum atomic E-state index is -0.504. The van der Waals surface area contributed by atoms with Crippen molar-refractivity contribution in [2.24, 2.45) is 5.92 Å². The number of nitrogens with one attached hydrogen (secondary N) is 1. The minimum absolute atomic E-state index is 0.0309. The maximum absolute atomic E-state index is 12.0. The van der Waals surface area contributed by atoms with Crippen molar-refractivity contribution in [2.75, 3.05) is 6.61 Å². The van der Waals surface area contributed by atoms with Gasteiger partial charge in [0.2, 0.25) is 5.91 Å². The van der Waals surface area contributed by atoms with Crippen LogP contribution in [-0.2, 0) is 14.3 Å². The fourth-order valence-electron chi connectivity index (χ4n) is 2.79. The number of carbonyl (C=O) groups is 2. The Morgan fingerprint density at radius 2 is 1.42 bits per heavy atom. The van der Waals surface area contributed by atoms with Gasteiger partial charge in [-0.25, -0.2) is 4.79 Å². The Balaban J connectivity index is 3.82. The summed E-state index contributed by atoms with van der Waals surface area (Å²) in [4.78, 5) is 23.9. The minimum Gasteiger partial charge on any atom is -0.464 e.